The first-order valence-electron chi connectivity index (χ1n) is 8.87. The van der Waals surface area contributed by atoms with Crippen molar-refractivity contribution in [1.82, 2.24) is 14.5 Å². The van der Waals surface area contributed by atoms with Crippen LogP contribution in [0.3, 0.4) is 0 Å². The summed E-state index contributed by atoms with van der Waals surface area (Å²) in [5, 5.41) is 3.79. The number of rotatable bonds is 6. The molecule has 1 aromatic heterocycles. The first-order chi connectivity index (χ1) is 13.4. The third-order valence-corrected chi connectivity index (χ3v) is 4.75. The number of alkyl halides is 2. The number of carbonyl (C=O) groups is 2. The van der Waals surface area contributed by atoms with E-state index in [9.17, 15) is 18.4 Å². The lowest BCUT2D eigenvalue weighted by Gasteiger charge is -2.30. The van der Waals surface area contributed by atoms with E-state index in [2.05, 4.69) is 10.1 Å². The van der Waals surface area contributed by atoms with Crippen LogP contribution in [0.4, 0.5) is 8.78 Å². The summed E-state index contributed by atoms with van der Waals surface area (Å²) in [6.07, 6.45) is 1.03. The molecular formula is C18H21F2N5O3. The average Bonchev–Trinajstić information content (AvgIpc) is 3.07. The van der Waals surface area contributed by atoms with Gasteiger partial charge >= 0.3 is 6.55 Å². The van der Waals surface area contributed by atoms with Crippen LogP contribution in [0.5, 0.6) is 0 Å². The Labute approximate surface area is 159 Å². The number of carbonyl (C=O) groups excluding carboxylic acids is 2. The zero-order chi connectivity index (χ0) is 20.3. The molecule has 1 fully saturated rings. The van der Waals surface area contributed by atoms with Crippen molar-refractivity contribution in [3.8, 4) is 0 Å². The minimum absolute atomic E-state index is 0.0223. The Bertz CT molecular complexity index is 904. The summed E-state index contributed by atoms with van der Waals surface area (Å²) in [5.41, 5.74) is 6.11. The second-order valence-corrected chi connectivity index (χ2v) is 6.58. The average molecular weight is 393 g/mol. The van der Waals surface area contributed by atoms with Gasteiger partial charge in [-0.25, -0.2) is 4.98 Å². The summed E-state index contributed by atoms with van der Waals surface area (Å²) < 4.78 is 27.7. The number of nitrogens with zero attached hydrogens (tertiary/aromatic N) is 4. The molecule has 2 heterocycles. The molecule has 0 unspecified atom stereocenters. The number of piperidine rings is 1. The van der Waals surface area contributed by atoms with Crippen LogP contribution < -0.4 is 5.73 Å². The van der Waals surface area contributed by atoms with Crippen molar-refractivity contribution in [2.45, 2.75) is 26.3 Å². The van der Waals surface area contributed by atoms with Crippen LogP contribution in [0, 0.1) is 5.92 Å². The molecule has 2 aromatic rings. The summed E-state index contributed by atoms with van der Waals surface area (Å²) in [6, 6.07) is 6.53. The van der Waals surface area contributed by atoms with E-state index < -0.39 is 6.55 Å². The van der Waals surface area contributed by atoms with Crippen molar-refractivity contribution in [1.29, 1.82) is 0 Å². The molecule has 0 aliphatic carbocycles. The number of primary amides is 1. The van der Waals surface area contributed by atoms with Crippen molar-refractivity contribution in [3.63, 3.8) is 0 Å². The second-order valence-electron chi connectivity index (χ2n) is 6.58. The number of oxime groups is 1. The molecule has 0 bridgehead atoms. The molecule has 1 aliphatic heterocycles. The van der Waals surface area contributed by atoms with Gasteiger partial charge in [0.1, 0.15) is 5.71 Å². The second kappa shape index (κ2) is 8.32. The zero-order valence-corrected chi connectivity index (χ0v) is 15.3. The maximum atomic E-state index is 13.5. The monoisotopic (exact) mass is 393 g/mol. The van der Waals surface area contributed by atoms with E-state index in [0.717, 1.165) is 4.57 Å². The van der Waals surface area contributed by atoms with Crippen LogP contribution in [0.2, 0.25) is 0 Å². The van der Waals surface area contributed by atoms with Gasteiger partial charge in [-0.15, -0.1) is 0 Å². The lowest BCUT2D eigenvalue weighted by Crippen LogP contribution is -2.43. The summed E-state index contributed by atoms with van der Waals surface area (Å²) >= 11 is 0. The van der Waals surface area contributed by atoms with Crippen LogP contribution in [-0.2, 0) is 14.4 Å². The highest BCUT2D eigenvalue weighted by atomic mass is 19.3. The Morgan fingerprint density at radius 1 is 1.32 bits per heavy atom. The van der Waals surface area contributed by atoms with Crippen LogP contribution in [0.25, 0.3) is 11.0 Å². The molecule has 8 nitrogen and oxygen atoms in total. The number of nitrogens with two attached hydrogens (primary N) is 1. The van der Waals surface area contributed by atoms with Gasteiger partial charge in [-0.3, -0.25) is 14.2 Å². The number of benzene rings is 1. The van der Waals surface area contributed by atoms with E-state index in [0.29, 0.717) is 31.4 Å². The lowest BCUT2D eigenvalue weighted by atomic mass is 9.96. The predicted molar refractivity (Wildman–Crippen MR) is 97.6 cm³/mol. The number of likely N-dealkylation sites (tertiary alicyclic amines) is 1. The van der Waals surface area contributed by atoms with E-state index in [1.165, 1.54) is 6.92 Å². The Morgan fingerprint density at radius 3 is 2.64 bits per heavy atom. The quantitative estimate of drug-likeness (QED) is 0.598. The molecule has 2 amide bonds. The van der Waals surface area contributed by atoms with Crippen LogP contribution in [-0.4, -0.2) is 51.7 Å². The number of amides is 2. The number of para-hydroxylation sites is 2. The number of imidazole rings is 1. The maximum absolute atomic E-state index is 13.5. The molecule has 10 heteroatoms. The molecule has 1 aromatic carbocycles. The van der Waals surface area contributed by atoms with Gasteiger partial charge in [0, 0.05) is 19.0 Å². The smallest absolute Gasteiger partial charge is 0.320 e. The van der Waals surface area contributed by atoms with Gasteiger partial charge in [-0.05, 0) is 31.9 Å². The maximum Gasteiger partial charge on any atom is 0.320 e. The number of halogens is 2. The largest absolute Gasteiger partial charge is 0.385 e. The van der Waals surface area contributed by atoms with Gasteiger partial charge in [0.25, 0.3) is 5.91 Å². The molecule has 1 saturated heterocycles. The number of aromatic nitrogens is 2. The van der Waals surface area contributed by atoms with Crippen molar-refractivity contribution < 1.29 is 23.2 Å². The molecule has 28 heavy (non-hydrogen) atoms. The fraction of sp³-hybridized carbons (Fsp3) is 0.444. The van der Waals surface area contributed by atoms with E-state index in [-0.39, 0.29) is 41.4 Å². The Balaban J connectivity index is 1.64. The summed E-state index contributed by atoms with van der Waals surface area (Å²) in [7, 11) is 0. The topological polar surface area (TPSA) is 103 Å². The summed E-state index contributed by atoms with van der Waals surface area (Å²) in [4.78, 5) is 34.2. The van der Waals surface area contributed by atoms with Gasteiger partial charge in [0.15, 0.2) is 12.4 Å². The summed E-state index contributed by atoms with van der Waals surface area (Å²) in [5.74, 6) is -0.883. The van der Waals surface area contributed by atoms with E-state index in [4.69, 9.17) is 10.6 Å². The Hall–Kier alpha value is -3.04. The molecule has 150 valence electrons. The van der Waals surface area contributed by atoms with Crippen LogP contribution in [0.1, 0.15) is 32.1 Å². The third kappa shape index (κ3) is 4.10. The first-order valence-corrected chi connectivity index (χ1v) is 8.87. The highest BCUT2D eigenvalue weighted by Crippen LogP contribution is 2.23. The van der Waals surface area contributed by atoms with Crippen molar-refractivity contribution in [2.75, 3.05) is 19.7 Å². The molecule has 3 rings (SSSR count). The molecule has 0 radical (unpaired) electrons. The van der Waals surface area contributed by atoms with Crippen LogP contribution in [0.15, 0.2) is 29.4 Å². The van der Waals surface area contributed by atoms with Gasteiger partial charge in [0.2, 0.25) is 5.91 Å². The molecule has 1 aliphatic rings. The zero-order valence-electron chi connectivity index (χ0n) is 15.3. The van der Waals surface area contributed by atoms with Crippen molar-refractivity contribution >= 4 is 28.6 Å². The molecular weight excluding hydrogens is 372 g/mol. The number of hydrogen-bond acceptors (Lipinski definition) is 5. The minimum Gasteiger partial charge on any atom is -0.385 e. The van der Waals surface area contributed by atoms with E-state index in [1.54, 1.807) is 29.2 Å². The fourth-order valence-electron chi connectivity index (χ4n) is 3.23. The van der Waals surface area contributed by atoms with Crippen molar-refractivity contribution in [3.05, 3.63) is 30.1 Å². The Morgan fingerprint density at radius 2 is 2.00 bits per heavy atom. The van der Waals surface area contributed by atoms with E-state index >= 15 is 0 Å². The fourth-order valence-corrected chi connectivity index (χ4v) is 3.23. The number of fused-ring (bicyclic) bond motifs is 1. The van der Waals surface area contributed by atoms with Gasteiger partial charge < -0.3 is 15.5 Å². The normalized spacial score (nSPS) is 16.0. The molecule has 0 spiro atoms. The van der Waals surface area contributed by atoms with Gasteiger partial charge in [-0.2, -0.15) is 8.78 Å². The molecule has 2 N–H and O–H groups in total. The SMILES string of the molecule is C/C(=N/OCC(=O)N1CCC(C(N)=O)CC1)c1nc2ccccc2n1C(F)F. The standard InChI is InChI=1S/C18H21F2N5O3/c1-11(17-22-13-4-2-3-5-14(13)25(17)18(19)20)23-28-10-15(26)24-8-6-12(7-9-24)16(21)27/h2-5,12,18H,6-10H2,1H3,(H2,21,27)/b23-11-. The first kappa shape index (κ1) is 19.7. The van der Waals surface area contributed by atoms with Crippen LogP contribution >= 0.6 is 0 Å². The third-order valence-electron chi connectivity index (χ3n) is 4.75. The lowest BCUT2D eigenvalue weighted by molar-refractivity contribution is -0.139. The van der Waals surface area contributed by atoms with Gasteiger partial charge in [0.05, 0.1) is 11.0 Å². The van der Waals surface area contributed by atoms with Gasteiger partial charge in [-0.1, -0.05) is 17.3 Å². The highest BCUT2D eigenvalue weighted by molar-refractivity contribution is 5.98. The molecule has 0 saturated carbocycles. The summed E-state index contributed by atoms with van der Waals surface area (Å²) in [6.45, 7) is -0.795. The Kier molecular flexibility index (Phi) is 5.86. The predicted octanol–water partition coefficient (Wildman–Crippen LogP) is 1.90. The minimum atomic E-state index is -2.79. The van der Waals surface area contributed by atoms with Crippen molar-refractivity contribution in [2.24, 2.45) is 16.8 Å². The molecule has 0 atom stereocenters. The highest BCUT2D eigenvalue weighted by Gasteiger charge is 2.26. The van der Waals surface area contributed by atoms with E-state index in [1.807, 2.05) is 0 Å². The number of hydrogen-bond donors (Lipinski definition) is 1.